The van der Waals surface area contributed by atoms with Crippen LogP contribution in [0.1, 0.15) is 130 Å². The largest absolute Gasteiger partial charge is 0.465 e. The molecule has 1 atom stereocenters. The first-order chi connectivity index (χ1) is 12.6. The number of carbonyl (C=O) groups is 1. The minimum absolute atomic E-state index is 0.0364. The van der Waals surface area contributed by atoms with Gasteiger partial charge in [0.1, 0.15) is 0 Å². The van der Waals surface area contributed by atoms with E-state index in [0.717, 1.165) is 38.0 Å². The van der Waals surface area contributed by atoms with Gasteiger partial charge in [0, 0.05) is 0 Å². The molecule has 0 bridgehead atoms. The normalized spacial score (nSPS) is 12.5. The van der Waals surface area contributed by atoms with Gasteiger partial charge in [-0.25, -0.2) is 0 Å². The standard InChI is InChI=1S/C24H48O2/c1-5-7-20-23(6-2)24(25)26-21-18-16-14-12-10-8-9-11-13-15-17-19-22(3)4/h22-23H,5-21H2,1-4H3/t23-/m1/s1. The van der Waals surface area contributed by atoms with Crippen molar-refractivity contribution in [2.45, 2.75) is 130 Å². The third-order valence-corrected chi connectivity index (χ3v) is 5.40. The molecule has 0 N–H and O–H groups in total. The molecule has 0 aromatic carbocycles. The highest BCUT2D eigenvalue weighted by Crippen LogP contribution is 2.16. The lowest BCUT2D eigenvalue weighted by Gasteiger charge is -2.13. The zero-order valence-corrected chi connectivity index (χ0v) is 18.5. The van der Waals surface area contributed by atoms with Gasteiger partial charge in [-0.05, 0) is 25.2 Å². The summed E-state index contributed by atoms with van der Waals surface area (Å²) in [7, 11) is 0. The number of ether oxygens (including phenoxy) is 1. The number of hydrogen-bond acceptors (Lipinski definition) is 2. The summed E-state index contributed by atoms with van der Waals surface area (Å²) < 4.78 is 5.46. The molecule has 0 aliphatic heterocycles. The molecule has 0 rings (SSSR count). The van der Waals surface area contributed by atoms with E-state index < -0.39 is 0 Å². The van der Waals surface area contributed by atoms with E-state index in [1.165, 1.54) is 70.6 Å². The molecule has 0 spiro atoms. The molecule has 0 heterocycles. The van der Waals surface area contributed by atoms with E-state index in [4.69, 9.17) is 4.74 Å². The average molecular weight is 369 g/mol. The zero-order valence-electron chi connectivity index (χ0n) is 18.5. The molecule has 0 aromatic rings. The molecule has 0 radical (unpaired) electrons. The fourth-order valence-corrected chi connectivity index (χ4v) is 3.48. The van der Waals surface area contributed by atoms with Gasteiger partial charge in [-0.15, -0.1) is 0 Å². The minimum atomic E-state index is 0.0364. The maximum Gasteiger partial charge on any atom is 0.308 e. The van der Waals surface area contributed by atoms with Gasteiger partial charge in [0.2, 0.25) is 0 Å². The SMILES string of the molecule is CCCC[C@@H](CC)C(=O)OCCCCCCCCCCCCCC(C)C. The summed E-state index contributed by atoms with van der Waals surface area (Å²) in [6.07, 6.45) is 20.3. The van der Waals surface area contributed by atoms with Gasteiger partial charge in [0.05, 0.1) is 12.5 Å². The van der Waals surface area contributed by atoms with Gasteiger partial charge >= 0.3 is 5.97 Å². The second-order valence-electron chi connectivity index (χ2n) is 8.49. The number of carbonyl (C=O) groups excluding carboxylic acids is 1. The van der Waals surface area contributed by atoms with Crippen molar-refractivity contribution in [3.63, 3.8) is 0 Å². The van der Waals surface area contributed by atoms with Crippen LogP contribution in [-0.2, 0) is 9.53 Å². The Balaban J connectivity index is 3.29. The molecule has 0 unspecified atom stereocenters. The van der Waals surface area contributed by atoms with Crippen LogP contribution in [0.5, 0.6) is 0 Å². The van der Waals surface area contributed by atoms with Gasteiger partial charge in [0.25, 0.3) is 0 Å². The first-order valence-electron chi connectivity index (χ1n) is 11.8. The summed E-state index contributed by atoms with van der Waals surface area (Å²) >= 11 is 0. The fraction of sp³-hybridized carbons (Fsp3) is 0.958. The third kappa shape index (κ3) is 16.9. The van der Waals surface area contributed by atoms with Gasteiger partial charge < -0.3 is 4.74 Å². The molecule has 0 aliphatic carbocycles. The zero-order chi connectivity index (χ0) is 19.5. The monoisotopic (exact) mass is 368 g/mol. The van der Waals surface area contributed by atoms with Crippen LogP contribution in [0.3, 0.4) is 0 Å². The van der Waals surface area contributed by atoms with Crippen molar-refractivity contribution in [2.24, 2.45) is 11.8 Å². The molecule has 0 aliphatic rings. The molecule has 0 saturated heterocycles. The average Bonchev–Trinajstić information content (AvgIpc) is 2.62. The van der Waals surface area contributed by atoms with Crippen LogP contribution in [0.15, 0.2) is 0 Å². The van der Waals surface area contributed by atoms with E-state index in [9.17, 15) is 4.79 Å². The molecule has 156 valence electrons. The Hall–Kier alpha value is -0.530. The lowest BCUT2D eigenvalue weighted by molar-refractivity contribution is -0.149. The highest BCUT2D eigenvalue weighted by atomic mass is 16.5. The first-order valence-corrected chi connectivity index (χ1v) is 11.8. The number of unbranched alkanes of at least 4 members (excludes halogenated alkanes) is 11. The Morgan fingerprint density at radius 1 is 0.692 bits per heavy atom. The summed E-state index contributed by atoms with van der Waals surface area (Å²) in [5, 5.41) is 0. The Bertz CT molecular complexity index is 299. The molecule has 26 heavy (non-hydrogen) atoms. The van der Waals surface area contributed by atoms with Crippen LogP contribution >= 0.6 is 0 Å². The molecule has 0 fully saturated rings. The second kappa shape index (κ2) is 19.2. The predicted molar refractivity (Wildman–Crippen MR) is 115 cm³/mol. The Morgan fingerprint density at radius 3 is 1.65 bits per heavy atom. The van der Waals surface area contributed by atoms with Crippen LogP contribution in [0.4, 0.5) is 0 Å². The van der Waals surface area contributed by atoms with Crippen molar-refractivity contribution in [1.29, 1.82) is 0 Å². The van der Waals surface area contributed by atoms with E-state index in [0.29, 0.717) is 6.61 Å². The van der Waals surface area contributed by atoms with Crippen molar-refractivity contribution in [1.82, 2.24) is 0 Å². The predicted octanol–water partition coefficient (Wildman–Crippen LogP) is 8.08. The van der Waals surface area contributed by atoms with E-state index in [1.54, 1.807) is 0 Å². The fourth-order valence-electron chi connectivity index (χ4n) is 3.48. The van der Waals surface area contributed by atoms with Crippen molar-refractivity contribution >= 4 is 5.97 Å². The topological polar surface area (TPSA) is 26.3 Å². The summed E-state index contributed by atoms with van der Waals surface area (Å²) in [6.45, 7) is 9.52. The maximum absolute atomic E-state index is 12.0. The van der Waals surface area contributed by atoms with Gasteiger partial charge in [0.15, 0.2) is 0 Å². The van der Waals surface area contributed by atoms with Crippen LogP contribution in [0.2, 0.25) is 0 Å². The minimum Gasteiger partial charge on any atom is -0.465 e. The Morgan fingerprint density at radius 2 is 1.19 bits per heavy atom. The summed E-state index contributed by atoms with van der Waals surface area (Å²) in [4.78, 5) is 12.0. The van der Waals surface area contributed by atoms with Crippen LogP contribution in [-0.4, -0.2) is 12.6 Å². The van der Waals surface area contributed by atoms with E-state index >= 15 is 0 Å². The third-order valence-electron chi connectivity index (χ3n) is 5.40. The van der Waals surface area contributed by atoms with Crippen molar-refractivity contribution in [3.8, 4) is 0 Å². The molecule has 0 amide bonds. The lowest BCUT2D eigenvalue weighted by Crippen LogP contribution is -2.17. The van der Waals surface area contributed by atoms with Gasteiger partial charge in [-0.2, -0.15) is 0 Å². The maximum atomic E-state index is 12.0. The number of rotatable bonds is 19. The van der Waals surface area contributed by atoms with Crippen molar-refractivity contribution in [2.75, 3.05) is 6.61 Å². The highest BCUT2D eigenvalue weighted by molar-refractivity contribution is 5.72. The lowest BCUT2D eigenvalue weighted by atomic mass is 10.00. The van der Waals surface area contributed by atoms with E-state index in [2.05, 4.69) is 27.7 Å². The molecular formula is C24H48O2. The molecule has 0 aromatic heterocycles. The highest BCUT2D eigenvalue weighted by Gasteiger charge is 2.16. The summed E-state index contributed by atoms with van der Waals surface area (Å²) in [6, 6.07) is 0. The van der Waals surface area contributed by atoms with E-state index in [1.807, 2.05) is 0 Å². The smallest absolute Gasteiger partial charge is 0.308 e. The molecule has 0 saturated carbocycles. The molecular weight excluding hydrogens is 320 g/mol. The Kier molecular flexibility index (Phi) is 18.8. The number of hydrogen-bond donors (Lipinski definition) is 0. The quantitative estimate of drug-likeness (QED) is 0.170. The van der Waals surface area contributed by atoms with Gasteiger partial charge in [-0.3, -0.25) is 4.79 Å². The molecule has 2 heteroatoms. The van der Waals surface area contributed by atoms with Crippen LogP contribution < -0.4 is 0 Å². The Labute approximate surface area is 164 Å². The van der Waals surface area contributed by atoms with E-state index in [-0.39, 0.29) is 11.9 Å². The molecule has 2 nitrogen and oxygen atoms in total. The van der Waals surface area contributed by atoms with Crippen molar-refractivity contribution in [3.05, 3.63) is 0 Å². The summed E-state index contributed by atoms with van der Waals surface area (Å²) in [5.41, 5.74) is 0. The van der Waals surface area contributed by atoms with Crippen LogP contribution in [0, 0.1) is 11.8 Å². The van der Waals surface area contributed by atoms with Crippen molar-refractivity contribution < 1.29 is 9.53 Å². The number of esters is 1. The summed E-state index contributed by atoms with van der Waals surface area (Å²) in [5.74, 6) is 1.03. The van der Waals surface area contributed by atoms with Crippen LogP contribution in [0.25, 0.3) is 0 Å². The first kappa shape index (κ1) is 25.5. The second-order valence-corrected chi connectivity index (χ2v) is 8.49. The van der Waals surface area contributed by atoms with Gasteiger partial charge in [-0.1, -0.05) is 111 Å².